The molecule has 0 heterocycles. The van der Waals surface area contributed by atoms with Gasteiger partial charge in [0, 0.05) is 28.8 Å². The summed E-state index contributed by atoms with van der Waals surface area (Å²) in [5.41, 5.74) is 2.24. The highest BCUT2D eigenvalue weighted by atomic mass is 35.5. The van der Waals surface area contributed by atoms with Crippen molar-refractivity contribution in [3.63, 3.8) is 0 Å². The number of halogens is 3. The average Bonchev–Trinajstić information content (AvgIpc) is 3.08. The summed E-state index contributed by atoms with van der Waals surface area (Å²) in [5.74, 6) is -1.17. The Labute approximate surface area is 288 Å². The molecule has 0 aliphatic rings. The lowest BCUT2D eigenvalue weighted by Gasteiger charge is -2.31. The summed E-state index contributed by atoms with van der Waals surface area (Å²) in [5, 5.41) is 3.78. The standard InChI is InChI=1S/C36H30Cl2FN3O5S/c37-28-12-11-27(33(38)21-28)22-40-36(44)35(26-9-5-2-6-10-26)42(23-25-7-3-1-4-8-25)34(43)24-47-31-17-19-32(20-18-31)48(45,46)41-30-15-13-29(39)14-16-30/h1-21,35,41H,22-24H2,(H,40,44)/t35-/m1/s1. The van der Waals surface area contributed by atoms with Crippen molar-refractivity contribution < 1.29 is 27.1 Å². The van der Waals surface area contributed by atoms with Crippen molar-refractivity contribution >= 4 is 50.7 Å². The topological polar surface area (TPSA) is 105 Å². The van der Waals surface area contributed by atoms with Crippen LogP contribution in [0.25, 0.3) is 0 Å². The number of ether oxygens (including phenoxy) is 1. The highest BCUT2D eigenvalue weighted by Crippen LogP contribution is 2.26. The zero-order valence-corrected chi connectivity index (χ0v) is 27.7. The van der Waals surface area contributed by atoms with Crippen LogP contribution in [0.1, 0.15) is 22.7 Å². The van der Waals surface area contributed by atoms with Gasteiger partial charge < -0.3 is 15.0 Å². The van der Waals surface area contributed by atoms with E-state index in [2.05, 4.69) is 10.0 Å². The minimum Gasteiger partial charge on any atom is -0.484 e. The molecule has 5 aromatic carbocycles. The van der Waals surface area contributed by atoms with Gasteiger partial charge >= 0.3 is 0 Å². The van der Waals surface area contributed by atoms with Crippen LogP contribution < -0.4 is 14.8 Å². The van der Waals surface area contributed by atoms with Gasteiger partial charge in [-0.05, 0) is 77.4 Å². The van der Waals surface area contributed by atoms with Gasteiger partial charge in [-0.3, -0.25) is 14.3 Å². The SMILES string of the molecule is O=C(NCc1ccc(Cl)cc1Cl)[C@@H](c1ccccc1)N(Cc1ccccc1)C(=O)COc1ccc(S(=O)(=O)Nc2ccc(F)cc2)cc1. The molecule has 0 saturated heterocycles. The Morgan fingerprint density at radius 2 is 1.46 bits per heavy atom. The summed E-state index contributed by atoms with van der Waals surface area (Å²) in [7, 11) is -3.97. The molecule has 0 fully saturated rings. The molecule has 0 aliphatic carbocycles. The van der Waals surface area contributed by atoms with E-state index in [9.17, 15) is 22.4 Å². The Bertz CT molecular complexity index is 1970. The van der Waals surface area contributed by atoms with E-state index in [0.29, 0.717) is 21.2 Å². The van der Waals surface area contributed by atoms with Crippen LogP contribution in [-0.2, 0) is 32.7 Å². The van der Waals surface area contributed by atoms with Crippen molar-refractivity contribution in [1.29, 1.82) is 0 Å². The van der Waals surface area contributed by atoms with Crippen LogP contribution in [0.4, 0.5) is 10.1 Å². The Hall–Kier alpha value is -4.90. The first-order chi connectivity index (χ1) is 23.1. The van der Waals surface area contributed by atoms with Crippen molar-refractivity contribution in [2.45, 2.75) is 24.0 Å². The van der Waals surface area contributed by atoms with Crippen LogP contribution >= 0.6 is 23.2 Å². The second-order valence-electron chi connectivity index (χ2n) is 10.6. The van der Waals surface area contributed by atoms with E-state index < -0.39 is 40.3 Å². The molecule has 5 aromatic rings. The Balaban J connectivity index is 1.35. The first-order valence-corrected chi connectivity index (χ1v) is 16.9. The Kier molecular flexibility index (Phi) is 11.3. The van der Waals surface area contributed by atoms with Crippen molar-refractivity contribution in [3.8, 4) is 5.75 Å². The van der Waals surface area contributed by atoms with Crippen LogP contribution in [0.15, 0.2) is 132 Å². The molecule has 1 atom stereocenters. The second kappa shape index (κ2) is 15.8. The molecular formula is C36H30Cl2FN3O5S. The van der Waals surface area contributed by atoms with E-state index in [1.165, 1.54) is 41.3 Å². The molecule has 0 aliphatic heterocycles. The molecule has 0 spiro atoms. The zero-order chi connectivity index (χ0) is 34.1. The molecule has 8 nitrogen and oxygen atoms in total. The number of nitrogens with one attached hydrogen (secondary N) is 2. The number of rotatable bonds is 13. The molecular weight excluding hydrogens is 676 g/mol. The van der Waals surface area contributed by atoms with Crippen molar-refractivity contribution in [1.82, 2.24) is 10.2 Å². The highest BCUT2D eigenvalue weighted by molar-refractivity contribution is 7.92. The third-order valence-electron chi connectivity index (χ3n) is 7.25. The lowest BCUT2D eigenvalue weighted by Crippen LogP contribution is -2.45. The summed E-state index contributed by atoms with van der Waals surface area (Å²) < 4.78 is 47.0. The summed E-state index contributed by atoms with van der Waals surface area (Å²) in [6, 6.07) is 32.6. The van der Waals surface area contributed by atoms with Gasteiger partial charge in [-0.25, -0.2) is 12.8 Å². The number of hydrogen-bond donors (Lipinski definition) is 2. The van der Waals surface area contributed by atoms with Crippen LogP contribution in [0.3, 0.4) is 0 Å². The fraction of sp³-hybridized carbons (Fsp3) is 0.111. The molecule has 12 heteroatoms. The number of sulfonamides is 1. The van der Waals surface area contributed by atoms with Gasteiger partial charge in [-0.15, -0.1) is 0 Å². The minimum absolute atomic E-state index is 0.0576. The van der Waals surface area contributed by atoms with Gasteiger partial charge in [0.25, 0.3) is 15.9 Å². The highest BCUT2D eigenvalue weighted by Gasteiger charge is 2.32. The fourth-order valence-corrected chi connectivity index (χ4v) is 6.36. The smallest absolute Gasteiger partial charge is 0.261 e. The quantitative estimate of drug-likeness (QED) is 0.133. The average molecular weight is 707 g/mol. The third-order valence-corrected chi connectivity index (χ3v) is 9.24. The maximum absolute atomic E-state index is 13.9. The lowest BCUT2D eigenvalue weighted by molar-refractivity contribution is -0.143. The van der Waals surface area contributed by atoms with E-state index >= 15 is 0 Å². The van der Waals surface area contributed by atoms with E-state index in [4.69, 9.17) is 27.9 Å². The normalized spacial score (nSPS) is 11.7. The van der Waals surface area contributed by atoms with Crippen LogP contribution in [0, 0.1) is 5.82 Å². The second-order valence-corrected chi connectivity index (χ2v) is 13.2. The molecule has 0 saturated carbocycles. The number of benzene rings is 5. The van der Waals surface area contributed by atoms with Crippen LogP contribution in [-0.4, -0.2) is 31.7 Å². The van der Waals surface area contributed by atoms with Gasteiger partial charge in [-0.2, -0.15) is 0 Å². The number of amides is 2. The number of nitrogens with zero attached hydrogens (tertiary/aromatic N) is 1. The molecule has 0 radical (unpaired) electrons. The van der Waals surface area contributed by atoms with Gasteiger partial charge in [0.1, 0.15) is 17.6 Å². The monoisotopic (exact) mass is 705 g/mol. The molecule has 48 heavy (non-hydrogen) atoms. The van der Waals surface area contributed by atoms with Gasteiger partial charge in [0.15, 0.2) is 6.61 Å². The van der Waals surface area contributed by atoms with E-state index in [1.807, 2.05) is 36.4 Å². The van der Waals surface area contributed by atoms with Gasteiger partial charge in [-0.1, -0.05) is 89.9 Å². The molecule has 2 N–H and O–H groups in total. The maximum atomic E-state index is 13.9. The minimum atomic E-state index is -3.97. The molecule has 0 unspecified atom stereocenters. The largest absolute Gasteiger partial charge is 0.484 e. The van der Waals surface area contributed by atoms with Crippen LogP contribution in [0.5, 0.6) is 5.75 Å². The Morgan fingerprint density at radius 3 is 2.10 bits per heavy atom. The van der Waals surface area contributed by atoms with E-state index in [0.717, 1.165) is 17.7 Å². The summed E-state index contributed by atoms with van der Waals surface area (Å²) in [6.45, 7) is -0.232. The zero-order valence-electron chi connectivity index (χ0n) is 25.4. The predicted molar refractivity (Wildman–Crippen MR) is 184 cm³/mol. The van der Waals surface area contributed by atoms with Crippen molar-refractivity contribution in [2.75, 3.05) is 11.3 Å². The summed E-state index contributed by atoms with van der Waals surface area (Å²) in [6.07, 6.45) is 0. The number of anilines is 1. The van der Waals surface area contributed by atoms with Crippen molar-refractivity contribution in [3.05, 3.63) is 160 Å². The van der Waals surface area contributed by atoms with Crippen LogP contribution in [0.2, 0.25) is 10.0 Å². The van der Waals surface area contributed by atoms with Gasteiger partial charge in [0.05, 0.1) is 4.90 Å². The molecule has 0 aromatic heterocycles. The maximum Gasteiger partial charge on any atom is 0.261 e. The number of carbonyl (C=O) groups is 2. The fourth-order valence-electron chi connectivity index (χ4n) is 4.83. The van der Waals surface area contributed by atoms with Gasteiger partial charge in [0.2, 0.25) is 5.91 Å². The predicted octanol–water partition coefficient (Wildman–Crippen LogP) is 7.40. The molecule has 246 valence electrons. The molecule has 0 bridgehead atoms. The first-order valence-electron chi connectivity index (χ1n) is 14.7. The Morgan fingerprint density at radius 1 is 0.812 bits per heavy atom. The van der Waals surface area contributed by atoms with E-state index in [1.54, 1.807) is 42.5 Å². The lowest BCUT2D eigenvalue weighted by atomic mass is 10.0. The first kappa shape index (κ1) is 34.4. The molecule has 2 amide bonds. The molecule has 5 rings (SSSR count). The van der Waals surface area contributed by atoms with Crippen molar-refractivity contribution in [2.24, 2.45) is 0 Å². The summed E-state index contributed by atoms with van der Waals surface area (Å²) in [4.78, 5) is 29.2. The number of hydrogen-bond acceptors (Lipinski definition) is 5. The van der Waals surface area contributed by atoms with E-state index in [-0.39, 0.29) is 29.4 Å². The number of carbonyl (C=O) groups excluding carboxylic acids is 2. The summed E-state index contributed by atoms with van der Waals surface area (Å²) >= 11 is 12.4. The third kappa shape index (κ3) is 9.13.